The van der Waals surface area contributed by atoms with Gasteiger partial charge in [-0.2, -0.15) is 12.6 Å². The Hall–Kier alpha value is -1.54. The highest BCUT2D eigenvalue weighted by molar-refractivity contribution is 7.80. The molecule has 0 saturated heterocycles. The third-order valence-corrected chi connectivity index (χ3v) is 7.51. The van der Waals surface area contributed by atoms with Gasteiger partial charge in [-0.25, -0.2) is 0 Å². The molecule has 0 aliphatic carbocycles. The average Bonchev–Trinajstić information content (AvgIpc) is 2.79. The van der Waals surface area contributed by atoms with Crippen molar-refractivity contribution in [2.24, 2.45) is 11.8 Å². The van der Waals surface area contributed by atoms with Crippen LogP contribution in [-0.2, 0) is 23.1 Å². The molecule has 0 bridgehead atoms. The summed E-state index contributed by atoms with van der Waals surface area (Å²) in [4.78, 5) is 11.8. The summed E-state index contributed by atoms with van der Waals surface area (Å²) in [6.07, 6.45) is 10.8. The van der Waals surface area contributed by atoms with Crippen LogP contribution < -0.4 is 0 Å². The van der Waals surface area contributed by atoms with E-state index in [1.807, 2.05) is 6.92 Å². The fourth-order valence-electron chi connectivity index (χ4n) is 5.17. The molecular weight excluding hydrogens is 444 g/mol. The van der Waals surface area contributed by atoms with Crippen molar-refractivity contribution in [2.75, 3.05) is 0 Å². The van der Waals surface area contributed by atoms with Gasteiger partial charge in [-0.1, -0.05) is 103 Å². The Morgan fingerprint density at radius 1 is 0.771 bits per heavy atom. The van der Waals surface area contributed by atoms with Crippen LogP contribution in [0.2, 0.25) is 0 Å². The van der Waals surface area contributed by atoms with Gasteiger partial charge in [-0.15, -0.1) is 0 Å². The maximum absolute atomic E-state index is 11.8. The smallest absolute Gasteiger partial charge is 0.133 e. The monoisotopic (exact) mass is 494 g/mol. The predicted molar refractivity (Wildman–Crippen MR) is 157 cm³/mol. The summed E-state index contributed by atoms with van der Waals surface area (Å²) in [6.45, 7) is 13.7. The van der Waals surface area contributed by atoms with E-state index in [-0.39, 0.29) is 10.7 Å². The Balaban J connectivity index is 1.81. The van der Waals surface area contributed by atoms with Crippen LogP contribution in [0.25, 0.3) is 0 Å². The third kappa shape index (κ3) is 10.9. The maximum Gasteiger partial charge on any atom is 0.133 e. The molecule has 2 unspecified atom stereocenters. The lowest BCUT2D eigenvalue weighted by atomic mass is 9.77. The van der Waals surface area contributed by atoms with Crippen molar-refractivity contribution >= 4 is 18.4 Å². The number of benzene rings is 2. The van der Waals surface area contributed by atoms with Gasteiger partial charge in [0, 0.05) is 23.5 Å². The number of hydrogen-bond donors (Lipinski definition) is 1. The van der Waals surface area contributed by atoms with Gasteiger partial charge >= 0.3 is 0 Å². The Morgan fingerprint density at radius 3 is 1.71 bits per heavy atom. The molecule has 0 radical (unpaired) electrons. The molecule has 0 saturated carbocycles. The van der Waals surface area contributed by atoms with Crippen LogP contribution in [0, 0.1) is 11.8 Å². The molecule has 194 valence electrons. The van der Waals surface area contributed by atoms with Crippen molar-refractivity contribution in [1.29, 1.82) is 0 Å². The van der Waals surface area contributed by atoms with Crippen molar-refractivity contribution in [3.8, 4) is 0 Å². The van der Waals surface area contributed by atoms with Gasteiger partial charge in [0.15, 0.2) is 0 Å². The summed E-state index contributed by atoms with van der Waals surface area (Å²) in [5.41, 5.74) is 5.53. The molecule has 2 atom stereocenters. The van der Waals surface area contributed by atoms with E-state index in [1.165, 1.54) is 54.4 Å². The second-order valence-corrected chi connectivity index (χ2v) is 12.7. The minimum absolute atomic E-state index is 0.0146. The molecule has 2 heteroatoms. The molecule has 0 aromatic heterocycles. The molecule has 0 fully saturated rings. The molecule has 0 amide bonds. The van der Waals surface area contributed by atoms with E-state index in [4.69, 9.17) is 0 Å². The number of hydrogen-bond acceptors (Lipinski definition) is 2. The zero-order valence-corrected chi connectivity index (χ0v) is 24.2. The van der Waals surface area contributed by atoms with Crippen LogP contribution in [0.4, 0.5) is 0 Å². The van der Waals surface area contributed by atoms with E-state index >= 15 is 0 Å². The molecule has 0 heterocycles. The highest BCUT2D eigenvalue weighted by Gasteiger charge is 2.23. The Bertz CT molecular complexity index is 861. The number of carbonyl (C=O) groups is 1. The molecule has 0 N–H and O–H groups in total. The lowest BCUT2D eigenvalue weighted by molar-refractivity contribution is -0.119. The fourth-order valence-corrected chi connectivity index (χ4v) is 5.37. The van der Waals surface area contributed by atoms with Gasteiger partial charge in [0.2, 0.25) is 0 Å². The highest BCUT2D eigenvalue weighted by atomic mass is 32.1. The second-order valence-electron chi connectivity index (χ2n) is 11.8. The van der Waals surface area contributed by atoms with Crippen LogP contribution in [0.15, 0.2) is 48.5 Å². The van der Waals surface area contributed by atoms with E-state index in [1.54, 1.807) is 0 Å². The van der Waals surface area contributed by atoms with E-state index in [9.17, 15) is 4.79 Å². The van der Waals surface area contributed by atoms with E-state index in [0.29, 0.717) is 18.6 Å². The number of rotatable bonds is 16. The van der Waals surface area contributed by atoms with Crippen LogP contribution >= 0.6 is 12.6 Å². The van der Waals surface area contributed by atoms with Crippen LogP contribution in [0.3, 0.4) is 0 Å². The Labute approximate surface area is 221 Å². The van der Waals surface area contributed by atoms with E-state index < -0.39 is 0 Å². The normalized spacial score (nSPS) is 13.7. The standard InChI is InChI=1S/C33H50OS/c1-25(2)23-26(3)11-7-8-12-28-15-19-30(20-16-28)33(5,6)31-21-17-29(18-22-31)13-9-10-14-32(34)24-27(4)35/h15-22,25-27,35H,7-14,23-24H2,1-6H3. The Morgan fingerprint density at radius 2 is 1.26 bits per heavy atom. The lowest BCUT2D eigenvalue weighted by Crippen LogP contribution is -2.18. The first-order valence-electron chi connectivity index (χ1n) is 14.0. The average molecular weight is 495 g/mol. The summed E-state index contributed by atoms with van der Waals surface area (Å²) in [5, 5.41) is 0.169. The number of aryl methyl sites for hydroxylation is 2. The first-order valence-corrected chi connectivity index (χ1v) is 14.5. The van der Waals surface area contributed by atoms with E-state index in [2.05, 4.69) is 95.8 Å². The number of thiol groups is 1. The van der Waals surface area contributed by atoms with Gasteiger partial charge < -0.3 is 0 Å². The molecule has 2 aromatic carbocycles. The SMILES string of the molecule is CC(C)CC(C)CCCCc1ccc(C(C)(C)c2ccc(CCCCC(=O)CC(C)S)cc2)cc1. The van der Waals surface area contributed by atoms with Gasteiger partial charge in [0.25, 0.3) is 0 Å². The zero-order chi connectivity index (χ0) is 25.8. The quantitative estimate of drug-likeness (QED) is 0.182. The maximum atomic E-state index is 11.8. The van der Waals surface area contributed by atoms with E-state index in [0.717, 1.165) is 31.1 Å². The minimum Gasteiger partial charge on any atom is -0.300 e. The zero-order valence-electron chi connectivity index (χ0n) is 23.3. The fraction of sp³-hybridized carbons (Fsp3) is 0.606. The number of Topliss-reactive ketones (excluding diaryl/α,β-unsaturated/α-hetero) is 1. The summed E-state index contributed by atoms with van der Waals surface area (Å²) in [5.74, 6) is 2.00. The van der Waals surface area contributed by atoms with Gasteiger partial charge in [-0.3, -0.25) is 4.79 Å². The number of ketones is 1. The van der Waals surface area contributed by atoms with Crippen molar-refractivity contribution in [1.82, 2.24) is 0 Å². The van der Waals surface area contributed by atoms with Crippen LogP contribution in [-0.4, -0.2) is 11.0 Å². The summed E-state index contributed by atoms with van der Waals surface area (Å²) >= 11 is 4.31. The summed E-state index contributed by atoms with van der Waals surface area (Å²) < 4.78 is 0. The van der Waals surface area contributed by atoms with Crippen molar-refractivity contribution in [2.45, 2.75) is 116 Å². The number of carbonyl (C=O) groups excluding carboxylic acids is 1. The molecule has 1 nitrogen and oxygen atoms in total. The topological polar surface area (TPSA) is 17.1 Å². The van der Waals surface area contributed by atoms with Crippen molar-refractivity contribution in [3.05, 3.63) is 70.8 Å². The first-order chi connectivity index (χ1) is 16.6. The highest BCUT2D eigenvalue weighted by Crippen LogP contribution is 2.32. The molecule has 2 aromatic rings. The first kappa shape index (κ1) is 29.7. The molecule has 0 aliphatic rings. The second kappa shape index (κ2) is 14.9. The molecule has 0 aliphatic heterocycles. The summed E-state index contributed by atoms with van der Waals surface area (Å²) in [7, 11) is 0. The molecule has 2 rings (SSSR count). The number of unbranched alkanes of at least 4 members (excludes halogenated alkanes) is 2. The van der Waals surface area contributed by atoms with Crippen LogP contribution in [0.1, 0.15) is 115 Å². The van der Waals surface area contributed by atoms with Crippen LogP contribution in [0.5, 0.6) is 0 Å². The van der Waals surface area contributed by atoms with Crippen molar-refractivity contribution in [3.63, 3.8) is 0 Å². The predicted octanol–water partition coefficient (Wildman–Crippen LogP) is 9.40. The summed E-state index contributed by atoms with van der Waals surface area (Å²) in [6, 6.07) is 18.4. The third-order valence-electron chi connectivity index (χ3n) is 7.33. The molecule has 35 heavy (non-hydrogen) atoms. The van der Waals surface area contributed by atoms with Gasteiger partial charge in [0.1, 0.15) is 5.78 Å². The van der Waals surface area contributed by atoms with Crippen molar-refractivity contribution < 1.29 is 4.79 Å². The molecule has 0 spiro atoms. The van der Waals surface area contributed by atoms with Gasteiger partial charge in [-0.05, 0) is 72.6 Å². The largest absolute Gasteiger partial charge is 0.300 e. The van der Waals surface area contributed by atoms with Gasteiger partial charge in [0.05, 0.1) is 0 Å². The lowest BCUT2D eigenvalue weighted by Gasteiger charge is -2.26. The minimum atomic E-state index is -0.0146. The molecular formula is C33H50OS. The Kier molecular flexibility index (Phi) is 12.6.